The molecule has 0 fully saturated rings. The predicted molar refractivity (Wildman–Crippen MR) is 48.5 cm³/mol. The zero-order valence-corrected chi connectivity index (χ0v) is 8.29. The molecule has 1 N–H and O–H groups in total. The summed E-state index contributed by atoms with van der Waals surface area (Å²) in [5.41, 5.74) is 1.94. The lowest BCUT2D eigenvalue weighted by Gasteiger charge is -2.18. The van der Waals surface area contributed by atoms with Crippen LogP contribution in [0, 0.1) is 0 Å². The molecule has 1 unspecified atom stereocenters. The Morgan fingerprint density at radius 2 is 2.31 bits per heavy atom. The van der Waals surface area contributed by atoms with Gasteiger partial charge in [0.25, 0.3) is 0 Å². The molecule has 13 heavy (non-hydrogen) atoms. The monoisotopic (exact) mass is 181 g/mol. The van der Waals surface area contributed by atoms with Crippen molar-refractivity contribution in [2.24, 2.45) is 0 Å². The van der Waals surface area contributed by atoms with Crippen LogP contribution in [0.2, 0.25) is 0 Å². The molecule has 2 rings (SSSR count). The Kier molecular flexibility index (Phi) is 1.74. The van der Waals surface area contributed by atoms with Gasteiger partial charge in [-0.2, -0.15) is 0 Å². The normalized spacial score (nSPS) is 24.8. The van der Waals surface area contributed by atoms with Crippen LogP contribution < -0.4 is 0 Å². The van der Waals surface area contributed by atoms with Crippen LogP contribution in [0.4, 0.5) is 0 Å². The molecule has 0 saturated heterocycles. The lowest BCUT2D eigenvalue weighted by Crippen LogP contribution is -2.14. The number of hydrogen-bond acceptors (Lipinski definition) is 3. The molecular formula is C10H15NO2. The van der Waals surface area contributed by atoms with Crippen molar-refractivity contribution in [3.05, 3.63) is 17.0 Å². The summed E-state index contributed by atoms with van der Waals surface area (Å²) in [4.78, 5) is 0. The summed E-state index contributed by atoms with van der Waals surface area (Å²) in [5.74, 6) is 1.40. The van der Waals surface area contributed by atoms with Gasteiger partial charge < -0.3 is 9.63 Å². The van der Waals surface area contributed by atoms with E-state index in [2.05, 4.69) is 25.9 Å². The van der Waals surface area contributed by atoms with E-state index in [1.54, 1.807) is 0 Å². The number of aliphatic hydroxyl groups excluding tert-OH is 1. The first kappa shape index (κ1) is 8.75. The third-order valence-corrected chi connectivity index (χ3v) is 2.88. The second-order valence-electron chi connectivity index (χ2n) is 4.52. The summed E-state index contributed by atoms with van der Waals surface area (Å²) < 4.78 is 5.24. The second kappa shape index (κ2) is 2.58. The van der Waals surface area contributed by atoms with E-state index < -0.39 is 0 Å². The van der Waals surface area contributed by atoms with Gasteiger partial charge in [-0.1, -0.05) is 25.9 Å². The first-order chi connectivity index (χ1) is 6.06. The third kappa shape index (κ3) is 1.10. The van der Waals surface area contributed by atoms with Crippen molar-refractivity contribution < 1.29 is 9.63 Å². The molecule has 1 aromatic heterocycles. The van der Waals surface area contributed by atoms with Gasteiger partial charge in [0.1, 0.15) is 11.5 Å². The van der Waals surface area contributed by atoms with E-state index in [0.29, 0.717) is 11.6 Å². The average molecular weight is 181 g/mol. The van der Waals surface area contributed by atoms with E-state index in [-0.39, 0.29) is 12.0 Å². The van der Waals surface area contributed by atoms with Gasteiger partial charge >= 0.3 is 0 Å². The number of hydrogen-bond donors (Lipinski definition) is 1. The van der Waals surface area contributed by atoms with E-state index in [9.17, 15) is 0 Å². The van der Waals surface area contributed by atoms with Crippen LogP contribution in [0.5, 0.6) is 0 Å². The average Bonchev–Trinajstić information content (AvgIpc) is 2.53. The molecule has 0 radical (unpaired) electrons. The highest BCUT2D eigenvalue weighted by molar-refractivity contribution is 5.37. The molecule has 0 aromatic carbocycles. The zero-order valence-electron chi connectivity index (χ0n) is 8.29. The maximum atomic E-state index is 9.09. The lowest BCUT2D eigenvalue weighted by atomic mass is 9.85. The maximum Gasteiger partial charge on any atom is 0.143 e. The van der Waals surface area contributed by atoms with E-state index in [0.717, 1.165) is 17.7 Å². The van der Waals surface area contributed by atoms with Crippen molar-refractivity contribution in [1.82, 2.24) is 5.16 Å². The smallest absolute Gasteiger partial charge is 0.143 e. The minimum atomic E-state index is -0.0189. The van der Waals surface area contributed by atoms with E-state index in [1.807, 2.05) is 0 Å². The van der Waals surface area contributed by atoms with E-state index in [4.69, 9.17) is 9.63 Å². The van der Waals surface area contributed by atoms with E-state index in [1.165, 1.54) is 0 Å². The molecule has 3 heteroatoms. The molecule has 1 aliphatic rings. The van der Waals surface area contributed by atoms with Gasteiger partial charge in [0, 0.05) is 11.5 Å². The Morgan fingerprint density at radius 1 is 1.62 bits per heavy atom. The fourth-order valence-corrected chi connectivity index (χ4v) is 2.47. The van der Waals surface area contributed by atoms with Crippen LogP contribution in [0.15, 0.2) is 4.52 Å². The molecule has 0 amide bonds. The molecule has 0 bridgehead atoms. The highest BCUT2D eigenvalue weighted by Crippen LogP contribution is 2.47. The minimum Gasteiger partial charge on any atom is -0.390 e. The summed E-state index contributed by atoms with van der Waals surface area (Å²) in [6.45, 7) is 6.46. The maximum absolute atomic E-state index is 9.09. The number of aliphatic hydroxyl groups is 1. The van der Waals surface area contributed by atoms with Crippen LogP contribution in [0.3, 0.4) is 0 Å². The Morgan fingerprint density at radius 3 is 2.92 bits per heavy atom. The van der Waals surface area contributed by atoms with Crippen molar-refractivity contribution in [2.75, 3.05) is 0 Å². The van der Waals surface area contributed by atoms with Crippen LogP contribution in [0.25, 0.3) is 0 Å². The minimum absolute atomic E-state index is 0.0189. The van der Waals surface area contributed by atoms with Gasteiger partial charge in [-0.25, -0.2) is 0 Å². The van der Waals surface area contributed by atoms with Crippen molar-refractivity contribution in [1.29, 1.82) is 0 Å². The fraction of sp³-hybridized carbons (Fsp3) is 0.700. The highest BCUT2D eigenvalue weighted by atomic mass is 16.5. The summed E-state index contributed by atoms with van der Waals surface area (Å²) in [7, 11) is 0. The third-order valence-electron chi connectivity index (χ3n) is 2.88. The Labute approximate surface area is 77.7 Å². The molecule has 1 heterocycles. The fourth-order valence-electron chi connectivity index (χ4n) is 2.47. The largest absolute Gasteiger partial charge is 0.390 e. The molecule has 1 aliphatic carbocycles. The molecule has 3 nitrogen and oxygen atoms in total. The molecular weight excluding hydrogens is 166 g/mol. The number of aromatic nitrogens is 1. The van der Waals surface area contributed by atoms with Crippen molar-refractivity contribution in [3.8, 4) is 0 Å². The van der Waals surface area contributed by atoms with Gasteiger partial charge in [-0.3, -0.25) is 0 Å². The summed E-state index contributed by atoms with van der Waals surface area (Å²) >= 11 is 0. The first-order valence-electron chi connectivity index (χ1n) is 4.66. The second-order valence-corrected chi connectivity index (χ2v) is 4.52. The molecule has 1 atom stereocenters. The Bertz CT molecular complexity index is 328. The quantitative estimate of drug-likeness (QED) is 0.720. The standard InChI is InChI=1S/C10H15NO2/c1-6-4-10(2,3)8-7(5-12)11-13-9(6)8/h6,12H,4-5H2,1-3H3. The first-order valence-corrected chi connectivity index (χ1v) is 4.66. The molecule has 0 saturated carbocycles. The van der Waals surface area contributed by atoms with Crippen molar-refractivity contribution in [3.63, 3.8) is 0 Å². The predicted octanol–water partition coefficient (Wildman–Crippen LogP) is 1.95. The molecule has 0 aliphatic heterocycles. The van der Waals surface area contributed by atoms with Crippen LogP contribution >= 0.6 is 0 Å². The molecule has 0 spiro atoms. The Hall–Kier alpha value is -0.830. The Balaban J connectivity index is 2.56. The van der Waals surface area contributed by atoms with Gasteiger partial charge in [-0.05, 0) is 11.8 Å². The van der Waals surface area contributed by atoms with Gasteiger partial charge in [0.2, 0.25) is 0 Å². The topological polar surface area (TPSA) is 46.3 Å². The highest BCUT2D eigenvalue weighted by Gasteiger charge is 2.40. The van der Waals surface area contributed by atoms with Crippen molar-refractivity contribution in [2.45, 2.75) is 45.1 Å². The summed E-state index contributed by atoms with van der Waals surface area (Å²) in [5, 5.41) is 13.0. The van der Waals surface area contributed by atoms with Gasteiger partial charge in [-0.15, -0.1) is 0 Å². The SMILES string of the molecule is CC1CC(C)(C)c2c(CO)noc21. The molecule has 72 valence electrons. The zero-order chi connectivity index (χ0) is 9.64. The number of fused-ring (bicyclic) bond motifs is 1. The van der Waals surface area contributed by atoms with E-state index >= 15 is 0 Å². The van der Waals surface area contributed by atoms with Crippen LogP contribution in [-0.4, -0.2) is 10.3 Å². The van der Waals surface area contributed by atoms with Gasteiger partial charge in [0.05, 0.1) is 6.61 Å². The summed E-state index contributed by atoms with van der Waals surface area (Å²) in [6.07, 6.45) is 1.08. The molecule has 1 aromatic rings. The van der Waals surface area contributed by atoms with Crippen molar-refractivity contribution >= 4 is 0 Å². The van der Waals surface area contributed by atoms with Gasteiger partial charge in [0.15, 0.2) is 0 Å². The summed E-state index contributed by atoms with van der Waals surface area (Å²) in [6, 6.07) is 0. The van der Waals surface area contributed by atoms with Crippen LogP contribution in [-0.2, 0) is 12.0 Å². The lowest BCUT2D eigenvalue weighted by molar-refractivity contribution is 0.259. The van der Waals surface area contributed by atoms with Crippen LogP contribution in [0.1, 0.15) is 50.1 Å². The number of rotatable bonds is 1. The number of nitrogens with zero attached hydrogens (tertiary/aromatic N) is 1.